The van der Waals surface area contributed by atoms with Crippen LogP contribution < -0.4 is 0 Å². The van der Waals surface area contributed by atoms with Crippen LogP contribution in [0.2, 0.25) is 5.02 Å². The third-order valence-electron chi connectivity index (χ3n) is 3.30. The monoisotopic (exact) mass is 300 g/mol. The molecule has 0 fully saturated rings. The molecule has 0 saturated carbocycles. The van der Waals surface area contributed by atoms with Crippen molar-refractivity contribution in [2.24, 2.45) is 7.05 Å². The summed E-state index contributed by atoms with van der Waals surface area (Å²) in [6.45, 7) is 1.91. The van der Waals surface area contributed by atoms with Gasteiger partial charge in [-0.25, -0.2) is 4.98 Å². The van der Waals surface area contributed by atoms with Gasteiger partial charge >= 0.3 is 0 Å². The molecule has 0 amide bonds. The van der Waals surface area contributed by atoms with Crippen molar-refractivity contribution in [1.82, 2.24) is 19.3 Å². The van der Waals surface area contributed by atoms with Gasteiger partial charge in [-0.05, 0) is 31.2 Å². The molecule has 0 aliphatic carbocycles. The largest absolute Gasteiger partial charge is 0.299 e. The van der Waals surface area contributed by atoms with Gasteiger partial charge in [-0.3, -0.25) is 14.0 Å². The second-order valence-electron chi connectivity index (χ2n) is 4.69. The number of hydrogen-bond acceptors (Lipinski definition) is 3. The minimum Gasteiger partial charge on any atom is -0.299 e. The zero-order valence-corrected chi connectivity index (χ0v) is 12.4. The van der Waals surface area contributed by atoms with Crippen LogP contribution in [0.15, 0.2) is 30.6 Å². The van der Waals surface area contributed by atoms with Gasteiger partial charge in [-0.2, -0.15) is 5.10 Å². The number of allylic oxidation sites excluding steroid dienone is 1. The molecule has 0 radical (unpaired) electrons. The minimum atomic E-state index is 0.600. The van der Waals surface area contributed by atoms with Crippen LogP contribution in [-0.2, 0) is 11.8 Å². The van der Waals surface area contributed by atoms with Crippen molar-refractivity contribution < 1.29 is 4.79 Å². The SMILES string of the molecule is Cc1nn(C)c(-n2ccc3cc(Cl)cnc32)c1/C=C/C=O. The molecule has 3 aromatic rings. The first-order valence-corrected chi connectivity index (χ1v) is 6.78. The Morgan fingerprint density at radius 3 is 2.95 bits per heavy atom. The molecule has 3 rings (SSSR count). The number of carbonyl (C=O) groups is 1. The van der Waals surface area contributed by atoms with Crippen LogP contribution in [0.1, 0.15) is 11.3 Å². The lowest BCUT2D eigenvalue weighted by Gasteiger charge is -2.07. The Hall–Kier alpha value is -2.40. The normalized spacial score (nSPS) is 11.6. The Morgan fingerprint density at radius 1 is 1.38 bits per heavy atom. The maximum absolute atomic E-state index is 10.6. The zero-order valence-electron chi connectivity index (χ0n) is 11.6. The number of fused-ring (bicyclic) bond motifs is 1. The molecular formula is C15H13ClN4O. The number of carbonyl (C=O) groups excluding carboxylic acids is 1. The van der Waals surface area contributed by atoms with Crippen LogP contribution in [0.4, 0.5) is 0 Å². The highest BCUT2D eigenvalue weighted by Gasteiger charge is 2.15. The third kappa shape index (κ3) is 2.25. The van der Waals surface area contributed by atoms with Crippen LogP contribution >= 0.6 is 11.6 Å². The molecular weight excluding hydrogens is 288 g/mol. The van der Waals surface area contributed by atoms with Gasteiger partial charge in [0.15, 0.2) is 0 Å². The van der Waals surface area contributed by atoms with Crippen molar-refractivity contribution in [2.45, 2.75) is 6.92 Å². The van der Waals surface area contributed by atoms with Crippen LogP contribution in [0.5, 0.6) is 0 Å². The van der Waals surface area contributed by atoms with E-state index in [1.54, 1.807) is 17.0 Å². The number of aryl methyl sites for hydroxylation is 2. The fraction of sp³-hybridized carbons (Fsp3) is 0.133. The molecule has 0 N–H and O–H groups in total. The Morgan fingerprint density at radius 2 is 2.19 bits per heavy atom. The number of nitrogens with zero attached hydrogens (tertiary/aromatic N) is 4. The Kier molecular flexibility index (Phi) is 3.35. The number of halogens is 1. The molecule has 3 aromatic heterocycles. The van der Waals surface area contributed by atoms with E-state index in [0.29, 0.717) is 5.02 Å². The Bertz CT molecular complexity index is 860. The molecule has 6 heteroatoms. The summed E-state index contributed by atoms with van der Waals surface area (Å²) in [5.41, 5.74) is 2.53. The van der Waals surface area contributed by atoms with Crippen molar-refractivity contribution in [1.29, 1.82) is 0 Å². The summed E-state index contributed by atoms with van der Waals surface area (Å²) in [7, 11) is 1.86. The van der Waals surface area contributed by atoms with E-state index in [1.807, 2.05) is 36.9 Å². The van der Waals surface area contributed by atoms with Gasteiger partial charge in [0, 0.05) is 30.4 Å². The van der Waals surface area contributed by atoms with E-state index >= 15 is 0 Å². The highest BCUT2D eigenvalue weighted by Crippen LogP contribution is 2.25. The lowest BCUT2D eigenvalue weighted by molar-refractivity contribution is -0.104. The summed E-state index contributed by atoms with van der Waals surface area (Å²) in [5.74, 6) is 0.857. The lowest BCUT2D eigenvalue weighted by atomic mass is 10.2. The Balaban J connectivity index is 2.27. The molecule has 0 spiro atoms. The molecule has 21 heavy (non-hydrogen) atoms. The predicted molar refractivity (Wildman–Crippen MR) is 82.7 cm³/mol. The van der Waals surface area contributed by atoms with E-state index < -0.39 is 0 Å². The fourth-order valence-electron chi connectivity index (χ4n) is 2.45. The smallest absolute Gasteiger partial charge is 0.145 e. The number of pyridine rings is 1. The van der Waals surface area contributed by atoms with E-state index in [2.05, 4.69) is 10.1 Å². The molecule has 0 bridgehead atoms. The summed E-state index contributed by atoms with van der Waals surface area (Å²) < 4.78 is 3.71. The van der Waals surface area contributed by atoms with Gasteiger partial charge in [0.05, 0.1) is 10.7 Å². The minimum absolute atomic E-state index is 0.600. The molecule has 0 aliphatic rings. The van der Waals surface area contributed by atoms with E-state index in [9.17, 15) is 4.79 Å². The molecule has 0 aliphatic heterocycles. The first-order chi connectivity index (χ1) is 10.1. The van der Waals surface area contributed by atoms with Gasteiger partial charge < -0.3 is 0 Å². The van der Waals surface area contributed by atoms with Crippen molar-refractivity contribution in [3.05, 3.63) is 46.9 Å². The molecule has 5 nitrogen and oxygen atoms in total. The number of hydrogen-bond donors (Lipinski definition) is 0. The third-order valence-corrected chi connectivity index (χ3v) is 3.51. The molecule has 0 unspecified atom stereocenters. The molecule has 0 aromatic carbocycles. The second-order valence-corrected chi connectivity index (χ2v) is 5.13. The number of aldehydes is 1. The van der Waals surface area contributed by atoms with Gasteiger partial charge in [0.1, 0.15) is 17.8 Å². The number of rotatable bonds is 3. The van der Waals surface area contributed by atoms with Gasteiger partial charge in [0.2, 0.25) is 0 Å². The van der Waals surface area contributed by atoms with Crippen LogP contribution in [0, 0.1) is 6.92 Å². The summed E-state index contributed by atoms with van der Waals surface area (Å²) in [6.07, 6.45) is 7.51. The average Bonchev–Trinajstić information content (AvgIpc) is 2.96. The predicted octanol–water partition coefficient (Wildman–Crippen LogP) is 2.93. The van der Waals surface area contributed by atoms with Gasteiger partial charge in [-0.1, -0.05) is 11.6 Å². The van der Waals surface area contributed by atoms with Crippen molar-refractivity contribution in [3.8, 4) is 5.82 Å². The standard InChI is InChI=1S/C15H13ClN4O/c1-10-13(4-3-7-21)15(19(2)18-10)20-6-5-11-8-12(16)9-17-14(11)20/h3-9H,1-2H3/b4-3+. The molecule has 3 heterocycles. The summed E-state index contributed by atoms with van der Waals surface area (Å²) in [4.78, 5) is 15.0. The molecule has 0 saturated heterocycles. The van der Waals surface area contributed by atoms with Crippen molar-refractivity contribution in [3.63, 3.8) is 0 Å². The van der Waals surface area contributed by atoms with E-state index in [4.69, 9.17) is 11.6 Å². The van der Waals surface area contributed by atoms with E-state index in [0.717, 1.165) is 34.4 Å². The van der Waals surface area contributed by atoms with Crippen molar-refractivity contribution >= 4 is 35.0 Å². The highest BCUT2D eigenvalue weighted by molar-refractivity contribution is 6.31. The summed E-state index contributed by atoms with van der Waals surface area (Å²) in [6, 6.07) is 3.81. The topological polar surface area (TPSA) is 52.7 Å². The quantitative estimate of drug-likeness (QED) is 0.552. The second kappa shape index (κ2) is 5.18. The van der Waals surface area contributed by atoms with Crippen molar-refractivity contribution in [2.75, 3.05) is 0 Å². The fourth-order valence-corrected chi connectivity index (χ4v) is 2.61. The molecule has 0 atom stereocenters. The maximum atomic E-state index is 10.6. The maximum Gasteiger partial charge on any atom is 0.145 e. The zero-order chi connectivity index (χ0) is 15.0. The van der Waals surface area contributed by atoms with Crippen LogP contribution in [0.3, 0.4) is 0 Å². The van der Waals surface area contributed by atoms with Crippen LogP contribution in [0.25, 0.3) is 22.9 Å². The van der Waals surface area contributed by atoms with E-state index in [1.165, 1.54) is 6.08 Å². The highest BCUT2D eigenvalue weighted by atomic mass is 35.5. The Labute approximate surface area is 126 Å². The summed E-state index contributed by atoms with van der Waals surface area (Å²) >= 11 is 5.97. The average molecular weight is 301 g/mol. The van der Waals surface area contributed by atoms with Gasteiger partial charge in [-0.15, -0.1) is 0 Å². The first-order valence-electron chi connectivity index (χ1n) is 6.40. The number of aromatic nitrogens is 4. The van der Waals surface area contributed by atoms with Gasteiger partial charge in [0.25, 0.3) is 0 Å². The lowest BCUT2D eigenvalue weighted by Crippen LogP contribution is -2.03. The summed E-state index contributed by atoms with van der Waals surface area (Å²) in [5, 5.41) is 5.97. The molecule has 106 valence electrons. The van der Waals surface area contributed by atoms with Crippen LogP contribution in [-0.4, -0.2) is 25.6 Å². The first kappa shape index (κ1) is 13.6. The van der Waals surface area contributed by atoms with E-state index in [-0.39, 0.29) is 0 Å².